The van der Waals surface area contributed by atoms with Crippen molar-refractivity contribution < 1.29 is 4.52 Å². The van der Waals surface area contributed by atoms with Crippen LogP contribution in [0.1, 0.15) is 61.4 Å². The van der Waals surface area contributed by atoms with Crippen molar-refractivity contribution in [2.75, 3.05) is 0 Å². The molecule has 2 atom stereocenters. The summed E-state index contributed by atoms with van der Waals surface area (Å²) in [5.41, 5.74) is 3.99. The molecule has 7 heteroatoms. The summed E-state index contributed by atoms with van der Waals surface area (Å²) in [7, 11) is 0. The van der Waals surface area contributed by atoms with Gasteiger partial charge in [-0.05, 0) is 81.1 Å². The van der Waals surface area contributed by atoms with Gasteiger partial charge < -0.3 is 4.52 Å². The Labute approximate surface area is 178 Å². The van der Waals surface area contributed by atoms with E-state index in [0.717, 1.165) is 51.4 Å². The van der Waals surface area contributed by atoms with Crippen LogP contribution in [0.4, 0.5) is 0 Å². The van der Waals surface area contributed by atoms with Crippen LogP contribution >= 0.6 is 11.3 Å². The van der Waals surface area contributed by atoms with E-state index in [-0.39, 0.29) is 5.41 Å². The number of hydrogen-bond donors (Lipinski definition) is 0. The van der Waals surface area contributed by atoms with Gasteiger partial charge >= 0.3 is 0 Å². The van der Waals surface area contributed by atoms with Crippen molar-refractivity contribution >= 4 is 27.2 Å². The lowest BCUT2D eigenvalue weighted by atomic mass is 9.42. The second-order valence-electron chi connectivity index (χ2n) is 10.3. The van der Waals surface area contributed by atoms with Crippen molar-refractivity contribution in [3.05, 3.63) is 40.6 Å². The van der Waals surface area contributed by atoms with E-state index in [4.69, 9.17) is 14.6 Å². The summed E-state index contributed by atoms with van der Waals surface area (Å²) in [4.78, 5) is 10.6. The van der Waals surface area contributed by atoms with Gasteiger partial charge in [0.2, 0.25) is 0 Å². The zero-order valence-corrected chi connectivity index (χ0v) is 18.2. The Morgan fingerprint density at radius 2 is 2.03 bits per heavy atom. The molecule has 6 nitrogen and oxygen atoms in total. The van der Waals surface area contributed by atoms with Crippen LogP contribution in [0.15, 0.2) is 22.3 Å². The summed E-state index contributed by atoms with van der Waals surface area (Å²) >= 11 is 1.66. The first-order valence-corrected chi connectivity index (χ1v) is 11.9. The fraction of sp³-hybridized carbons (Fsp3) is 0.565. The molecule has 0 amide bonds. The number of hydrogen-bond acceptors (Lipinski definition) is 6. The lowest BCUT2D eigenvalue weighted by molar-refractivity contribution is -0.0731. The van der Waals surface area contributed by atoms with Gasteiger partial charge in [-0.1, -0.05) is 5.16 Å². The fourth-order valence-electron chi connectivity index (χ4n) is 7.91. The van der Waals surface area contributed by atoms with Crippen LogP contribution in [0.2, 0.25) is 0 Å². The van der Waals surface area contributed by atoms with E-state index in [1.165, 1.54) is 44.1 Å². The predicted molar refractivity (Wildman–Crippen MR) is 115 cm³/mol. The minimum atomic E-state index is 0.236. The normalized spacial score (nSPS) is 32.6. The van der Waals surface area contributed by atoms with Gasteiger partial charge in [-0.15, -0.1) is 16.4 Å². The maximum absolute atomic E-state index is 5.63. The zero-order chi connectivity index (χ0) is 20.1. The molecule has 4 aliphatic rings. The Morgan fingerprint density at radius 3 is 2.80 bits per heavy atom. The molecule has 4 heterocycles. The maximum Gasteiger partial charge on any atom is 0.167 e. The Balaban J connectivity index is 1.30. The van der Waals surface area contributed by atoms with Crippen LogP contribution in [0.5, 0.6) is 0 Å². The third-order valence-electron chi connectivity index (χ3n) is 8.12. The molecular weight excluding hydrogens is 394 g/mol. The molecule has 4 aromatic rings. The number of fused-ring (bicyclic) bond motifs is 3. The van der Waals surface area contributed by atoms with Crippen LogP contribution in [0.3, 0.4) is 0 Å². The van der Waals surface area contributed by atoms with E-state index in [1.54, 1.807) is 11.3 Å². The van der Waals surface area contributed by atoms with Crippen molar-refractivity contribution in [2.24, 2.45) is 17.3 Å². The summed E-state index contributed by atoms with van der Waals surface area (Å²) in [6, 6.07) is 2.11. The summed E-state index contributed by atoms with van der Waals surface area (Å²) < 4.78 is 7.50. The van der Waals surface area contributed by atoms with Crippen molar-refractivity contribution in [3.8, 4) is 0 Å². The Kier molecular flexibility index (Phi) is 3.30. The van der Waals surface area contributed by atoms with Gasteiger partial charge in [0.25, 0.3) is 0 Å². The molecule has 0 aliphatic heterocycles. The molecule has 0 N–H and O–H groups in total. The fourth-order valence-corrected chi connectivity index (χ4v) is 8.64. The molecule has 4 bridgehead atoms. The van der Waals surface area contributed by atoms with E-state index in [9.17, 15) is 0 Å². The second-order valence-corrected chi connectivity index (χ2v) is 11.2. The summed E-state index contributed by atoms with van der Waals surface area (Å²) in [6.45, 7) is 4.23. The molecule has 0 radical (unpaired) electrons. The smallest absolute Gasteiger partial charge is 0.167 e. The minimum Gasteiger partial charge on any atom is -0.361 e. The van der Waals surface area contributed by atoms with Gasteiger partial charge in [-0.25, -0.2) is 14.5 Å². The third kappa shape index (κ3) is 2.30. The van der Waals surface area contributed by atoms with E-state index >= 15 is 0 Å². The van der Waals surface area contributed by atoms with E-state index in [0.29, 0.717) is 5.41 Å². The van der Waals surface area contributed by atoms with Gasteiger partial charge in [0.15, 0.2) is 11.5 Å². The quantitative estimate of drug-likeness (QED) is 0.466. The summed E-state index contributed by atoms with van der Waals surface area (Å²) in [5, 5.41) is 12.4. The molecular formula is C23H25N5OS. The van der Waals surface area contributed by atoms with E-state index in [1.807, 2.05) is 10.8 Å². The molecule has 30 heavy (non-hydrogen) atoms. The Morgan fingerprint density at radius 1 is 1.20 bits per heavy atom. The molecule has 4 saturated carbocycles. The monoisotopic (exact) mass is 419 g/mol. The minimum absolute atomic E-state index is 0.236. The first kappa shape index (κ1) is 17.4. The van der Waals surface area contributed by atoms with Crippen LogP contribution in [0.25, 0.3) is 15.9 Å². The number of aromatic nitrogens is 5. The number of nitrogens with zero attached hydrogens (tertiary/aromatic N) is 5. The molecule has 4 aliphatic carbocycles. The van der Waals surface area contributed by atoms with Gasteiger partial charge in [0, 0.05) is 17.4 Å². The standard InChI is InChI=1S/C23H25N5OS/c1-13-19(14(2)29-27-13)23-8-15-5-16(9-23)7-22(6-15,11-23)10-18-25-20-17-3-4-30-21(17)24-12-28(20)26-18/h3-4,12,15-16H,5-11H2,1-2H3. The lowest BCUT2D eigenvalue weighted by Gasteiger charge is -2.62. The largest absolute Gasteiger partial charge is 0.361 e. The highest BCUT2D eigenvalue weighted by Gasteiger charge is 2.59. The SMILES string of the molecule is Cc1noc(C)c1C12CC3CC(CC(Cc4nc5c6ccsc6ncn5n4)(C3)C1)C2. The van der Waals surface area contributed by atoms with Crippen LogP contribution < -0.4 is 0 Å². The first-order valence-electron chi connectivity index (χ1n) is 11.0. The van der Waals surface area contributed by atoms with Gasteiger partial charge in [0.1, 0.15) is 16.9 Å². The molecule has 0 spiro atoms. The molecule has 8 rings (SSSR count). The van der Waals surface area contributed by atoms with Crippen LogP contribution in [0, 0.1) is 31.1 Å². The van der Waals surface area contributed by atoms with Gasteiger partial charge in [-0.2, -0.15) is 0 Å². The van der Waals surface area contributed by atoms with E-state index < -0.39 is 0 Å². The molecule has 154 valence electrons. The number of thiophene rings is 1. The highest BCUT2D eigenvalue weighted by molar-refractivity contribution is 7.16. The molecule has 0 aromatic carbocycles. The van der Waals surface area contributed by atoms with Crippen LogP contribution in [-0.2, 0) is 11.8 Å². The molecule has 4 fully saturated rings. The summed E-state index contributed by atoms with van der Waals surface area (Å²) in [6.07, 6.45) is 10.6. The topological polar surface area (TPSA) is 69.1 Å². The van der Waals surface area contributed by atoms with Gasteiger partial charge in [-0.3, -0.25) is 0 Å². The first-order chi connectivity index (χ1) is 14.5. The summed E-state index contributed by atoms with van der Waals surface area (Å²) in [5.74, 6) is 3.62. The second kappa shape index (κ2) is 5.69. The van der Waals surface area contributed by atoms with E-state index in [2.05, 4.69) is 35.4 Å². The Hall–Kier alpha value is -2.28. The molecule has 0 saturated heterocycles. The van der Waals surface area contributed by atoms with Crippen molar-refractivity contribution in [2.45, 2.75) is 64.2 Å². The lowest BCUT2D eigenvalue weighted by Crippen LogP contribution is -2.55. The maximum atomic E-state index is 5.63. The molecule has 2 unspecified atom stereocenters. The average Bonchev–Trinajstić information content (AvgIpc) is 3.37. The highest BCUT2D eigenvalue weighted by Crippen LogP contribution is 2.67. The third-order valence-corrected chi connectivity index (χ3v) is 8.95. The number of rotatable bonds is 3. The zero-order valence-electron chi connectivity index (χ0n) is 17.4. The molecule has 4 aromatic heterocycles. The Bertz CT molecular complexity index is 1270. The number of aryl methyl sites for hydroxylation is 2. The predicted octanol–water partition coefficient (Wildman–Crippen LogP) is 5.02. The van der Waals surface area contributed by atoms with Crippen molar-refractivity contribution in [1.82, 2.24) is 24.7 Å². The van der Waals surface area contributed by atoms with Crippen molar-refractivity contribution in [1.29, 1.82) is 0 Å². The highest BCUT2D eigenvalue weighted by atomic mass is 32.1. The van der Waals surface area contributed by atoms with Crippen molar-refractivity contribution in [3.63, 3.8) is 0 Å². The van der Waals surface area contributed by atoms with Crippen LogP contribution in [-0.4, -0.2) is 24.7 Å². The average molecular weight is 420 g/mol. The van der Waals surface area contributed by atoms with Gasteiger partial charge in [0.05, 0.1) is 11.1 Å².